The highest BCUT2D eigenvalue weighted by Gasteiger charge is 2.17. The summed E-state index contributed by atoms with van der Waals surface area (Å²) in [6.45, 7) is 2.79. The molecule has 154 valence electrons. The van der Waals surface area contributed by atoms with Crippen molar-refractivity contribution in [2.45, 2.75) is 44.9 Å². The molecule has 2 aromatic heterocycles. The van der Waals surface area contributed by atoms with E-state index in [1.807, 2.05) is 23.6 Å². The SMILES string of the molecule is Cl.Cl.O=C(NCCc1nc2c(s1)CCCC2)c1cncc(CC2CCNC2)c1. The van der Waals surface area contributed by atoms with Crippen molar-refractivity contribution >= 4 is 42.1 Å². The van der Waals surface area contributed by atoms with E-state index in [-0.39, 0.29) is 30.7 Å². The van der Waals surface area contributed by atoms with Crippen LogP contribution >= 0.6 is 36.2 Å². The van der Waals surface area contributed by atoms with Crippen LogP contribution in [0.2, 0.25) is 0 Å². The summed E-state index contributed by atoms with van der Waals surface area (Å²) >= 11 is 1.82. The Labute approximate surface area is 183 Å². The quantitative estimate of drug-likeness (QED) is 0.719. The third kappa shape index (κ3) is 5.89. The largest absolute Gasteiger partial charge is 0.352 e. The molecule has 1 saturated heterocycles. The van der Waals surface area contributed by atoms with Gasteiger partial charge in [-0.15, -0.1) is 36.2 Å². The number of hydrogen-bond donors (Lipinski definition) is 2. The highest BCUT2D eigenvalue weighted by atomic mass is 35.5. The Hall–Kier alpha value is -1.21. The molecule has 1 atom stereocenters. The second-order valence-electron chi connectivity index (χ2n) is 7.34. The highest BCUT2D eigenvalue weighted by molar-refractivity contribution is 7.11. The first-order chi connectivity index (χ1) is 12.8. The van der Waals surface area contributed by atoms with Gasteiger partial charge in [0, 0.05) is 30.2 Å². The van der Waals surface area contributed by atoms with Crippen LogP contribution in [0.5, 0.6) is 0 Å². The van der Waals surface area contributed by atoms with E-state index in [4.69, 9.17) is 4.98 Å². The van der Waals surface area contributed by atoms with Crippen LogP contribution in [0, 0.1) is 5.92 Å². The Morgan fingerprint density at radius 2 is 2.11 bits per heavy atom. The van der Waals surface area contributed by atoms with Crippen molar-refractivity contribution in [2.75, 3.05) is 19.6 Å². The Morgan fingerprint density at radius 3 is 2.89 bits per heavy atom. The Balaban J connectivity index is 0.00000140. The monoisotopic (exact) mass is 442 g/mol. The summed E-state index contributed by atoms with van der Waals surface area (Å²) in [6.07, 6.45) is 11.4. The van der Waals surface area contributed by atoms with Gasteiger partial charge in [0.1, 0.15) is 0 Å². The van der Waals surface area contributed by atoms with Gasteiger partial charge < -0.3 is 10.6 Å². The van der Waals surface area contributed by atoms with Crippen molar-refractivity contribution in [2.24, 2.45) is 5.92 Å². The molecule has 0 saturated carbocycles. The maximum absolute atomic E-state index is 12.4. The molecule has 4 rings (SSSR count). The van der Waals surface area contributed by atoms with E-state index in [2.05, 4.69) is 15.6 Å². The van der Waals surface area contributed by atoms with Crippen LogP contribution in [0.1, 0.15) is 50.8 Å². The van der Waals surface area contributed by atoms with E-state index >= 15 is 0 Å². The number of amides is 1. The van der Waals surface area contributed by atoms with Crippen LogP contribution in [0.3, 0.4) is 0 Å². The molecule has 1 unspecified atom stereocenters. The molecule has 1 amide bonds. The molecule has 28 heavy (non-hydrogen) atoms. The van der Waals surface area contributed by atoms with Gasteiger partial charge in [-0.1, -0.05) is 0 Å². The number of carbonyl (C=O) groups excluding carboxylic acids is 1. The molecule has 0 radical (unpaired) electrons. The van der Waals surface area contributed by atoms with Crippen LogP contribution in [0.4, 0.5) is 0 Å². The molecule has 2 aromatic rings. The summed E-state index contributed by atoms with van der Waals surface area (Å²) in [5, 5.41) is 7.56. The summed E-state index contributed by atoms with van der Waals surface area (Å²) in [7, 11) is 0. The molecule has 8 heteroatoms. The number of aryl methyl sites for hydroxylation is 2. The van der Waals surface area contributed by atoms with E-state index < -0.39 is 0 Å². The van der Waals surface area contributed by atoms with E-state index in [1.54, 1.807) is 6.20 Å². The lowest BCUT2D eigenvalue weighted by molar-refractivity contribution is 0.0953. The van der Waals surface area contributed by atoms with E-state index in [0.29, 0.717) is 18.0 Å². The first-order valence-electron chi connectivity index (χ1n) is 9.68. The topological polar surface area (TPSA) is 66.9 Å². The number of aromatic nitrogens is 2. The predicted octanol–water partition coefficient (Wildman–Crippen LogP) is 3.39. The number of halogens is 2. The Kier molecular flexibility index (Phi) is 9.15. The molecule has 2 aliphatic rings. The molecule has 0 bridgehead atoms. The fourth-order valence-electron chi connectivity index (χ4n) is 3.84. The van der Waals surface area contributed by atoms with E-state index in [0.717, 1.165) is 42.9 Å². The van der Waals surface area contributed by atoms with Crippen LogP contribution in [0.15, 0.2) is 18.5 Å². The first kappa shape index (κ1) is 23.1. The molecular weight excluding hydrogens is 415 g/mol. The van der Waals surface area contributed by atoms with Gasteiger partial charge in [-0.3, -0.25) is 9.78 Å². The lowest BCUT2D eigenvalue weighted by Gasteiger charge is -2.09. The minimum atomic E-state index is -0.0368. The van der Waals surface area contributed by atoms with Crippen LogP contribution in [0.25, 0.3) is 0 Å². The number of thiazole rings is 1. The van der Waals surface area contributed by atoms with Gasteiger partial charge in [0.05, 0.1) is 16.3 Å². The number of hydrogen-bond acceptors (Lipinski definition) is 5. The third-order valence-electron chi connectivity index (χ3n) is 5.26. The van der Waals surface area contributed by atoms with Gasteiger partial charge in [-0.05, 0) is 69.2 Å². The fraction of sp³-hybridized carbons (Fsp3) is 0.550. The zero-order valence-electron chi connectivity index (χ0n) is 15.9. The summed E-state index contributed by atoms with van der Waals surface area (Å²) in [4.78, 5) is 22.9. The molecular formula is C20H28Cl2N4OS. The Bertz CT molecular complexity index is 754. The van der Waals surface area contributed by atoms with Gasteiger partial charge in [0.2, 0.25) is 0 Å². The molecule has 0 aromatic carbocycles. The molecule has 1 aliphatic heterocycles. The molecule has 5 nitrogen and oxygen atoms in total. The van der Waals surface area contributed by atoms with Crippen molar-refractivity contribution in [1.29, 1.82) is 0 Å². The maximum atomic E-state index is 12.4. The summed E-state index contributed by atoms with van der Waals surface area (Å²) < 4.78 is 0. The second kappa shape index (κ2) is 11.1. The zero-order chi connectivity index (χ0) is 17.8. The highest BCUT2D eigenvalue weighted by Crippen LogP contribution is 2.26. The molecule has 2 N–H and O–H groups in total. The third-order valence-corrected chi connectivity index (χ3v) is 6.48. The summed E-state index contributed by atoms with van der Waals surface area (Å²) in [6, 6.07) is 1.99. The van der Waals surface area contributed by atoms with Gasteiger partial charge in [-0.2, -0.15) is 0 Å². The maximum Gasteiger partial charge on any atom is 0.252 e. The van der Waals surface area contributed by atoms with Crippen LogP contribution in [-0.4, -0.2) is 35.5 Å². The standard InChI is InChI=1S/C20H26N4OS.2ClH/c25-20(16-10-15(12-22-13-16)9-14-5-7-21-11-14)23-8-6-19-24-17-3-1-2-4-18(17)26-19;;/h10,12-14,21H,1-9,11H2,(H,23,25);2*1H. The number of nitrogens with zero attached hydrogens (tertiary/aromatic N) is 2. The lowest BCUT2D eigenvalue weighted by atomic mass is 9.99. The van der Waals surface area contributed by atoms with Crippen molar-refractivity contribution in [3.05, 3.63) is 45.2 Å². The minimum absolute atomic E-state index is 0. The van der Waals surface area contributed by atoms with Crippen LogP contribution < -0.4 is 10.6 Å². The average molecular weight is 443 g/mol. The molecule has 1 fully saturated rings. The number of carbonyl (C=O) groups is 1. The Morgan fingerprint density at radius 1 is 1.25 bits per heavy atom. The lowest BCUT2D eigenvalue weighted by Crippen LogP contribution is -2.26. The van der Waals surface area contributed by atoms with E-state index in [9.17, 15) is 4.79 Å². The van der Waals surface area contributed by atoms with Crippen molar-refractivity contribution in [3.63, 3.8) is 0 Å². The molecule has 0 spiro atoms. The van der Waals surface area contributed by atoms with Gasteiger partial charge in [0.15, 0.2) is 0 Å². The van der Waals surface area contributed by atoms with Crippen molar-refractivity contribution in [3.8, 4) is 0 Å². The smallest absolute Gasteiger partial charge is 0.252 e. The number of pyridine rings is 1. The minimum Gasteiger partial charge on any atom is -0.352 e. The van der Waals surface area contributed by atoms with Crippen LogP contribution in [-0.2, 0) is 25.7 Å². The average Bonchev–Trinajstić information content (AvgIpc) is 3.31. The zero-order valence-corrected chi connectivity index (χ0v) is 18.4. The first-order valence-corrected chi connectivity index (χ1v) is 10.5. The van der Waals surface area contributed by atoms with Crippen molar-refractivity contribution in [1.82, 2.24) is 20.6 Å². The number of fused-ring (bicyclic) bond motifs is 1. The van der Waals surface area contributed by atoms with E-state index in [1.165, 1.54) is 36.3 Å². The van der Waals surface area contributed by atoms with Gasteiger partial charge >= 0.3 is 0 Å². The fourth-order valence-corrected chi connectivity index (χ4v) is 5.00. The summed E-state index contributed by atoms with van der Waals surface area (Å²) in [5.74, 6) is 0.622. The number of rotatable bonds is 6. The van der Waals surface area contributed by atoms with Gasteiger partial charge in [-0.25, -0.2) is 4.98 Å². The summed E-state index contributed by atoms with van der Waals surface area (Å²) in [5.41, 5.74) is 3.10. The predicted molar refractivity (Wildman–Crippen MR) is 118 cm³/mol. The molecule has 1 aliphatic carbocycles. The van der Waals surface area contributed by atoms with Gasteiger partial charge in [0.25, 0.3) is 5.91 Å². The van der Waals surface area contributed by atoms with Crippen molar-refractivity contribution < 1.29 is 4.79 Å². The second-order valence-corrected chi connectivity index (χ2v) is 8.50. The molecule has 3 heterocycles. The normalized spacial score (nSPS) is 17.9. The number of nitrogens with one attached hydrogen (secondary N) is 2.